The second-order valence-electron chi connectivity index (χ2n) is 9.43. The summed E-state index contributed by atoms with van der Waals surface area (Å²) in [6.07, 6.45) is 18.4. The number of rotatable bonds is 4. The zero-order valence-electron chi connectivity index (χ0n) is 15.5. The highest BCUT2D eigenvalue weighted by atomic mass is 14.5. The Morgan fingerprint density at radius 3 is 2.26 bits per heavy atom. The quantitative estimate of drug-likeness (QED) is 0.564. The van der Waals surface area contributed by atoms with Crippen LogP contribution in [0.15, 0.2) is 0 Å². The van der Waals surface area contributed by atoms with Gasteiger partial charge in [-0.2, -0.15) is 5.26 Å². The SMILES string of the molecule is CCCCC1CCC([C@H]2CC[C@H]3C[C@@](C)(C#N)CC[C@H]3C2)CC1. The first kappa shape index (κ1) is 17.3. The predicted octanol–water partition coefficient (Wildman–Crippen LogP) is 6.73. The van der Waals surface area contributed by atoms with Crippen LogP contribution in [0.2, 0.25) is 0 Å². The van der Waals surface area contributed by atoms with Crippen LogP contribution in [0.4, 0.5) is 0 Å². The van der Waals surface area contributed by atoms with Crippen LogP contribution in [0.25, 0.3) is 0 Å². The minimum absolute atomic E-state index is 0.00859. The minimum Gasteiger partial charge on any atom is -0.198 e. The summed E-state index contributed by atoms with van der Waals surface area (Å²) in [4.78, 5) is 0. The van der Waals surface area contributed by atoms with Gasteiger partial charge in [-0.3, -0.25) is 0 Å². The maximum absolute atomic E-state index is 9.43. The Hall–Kier alpha value is -0.510. The highest BCUT2D eigenvalue weighted by molar-refractivity contribution is 5.02. The molecule has 3 fully saturated rings. The second kappa shape index (κ2) is 7.58. The molecule has 0 saturated heterocycles. The van der Waals surface area contributed by atoms with Crippen LogP contribution in [-0.2, 0) is 0 Å². The Morgan fingerprint density at radius 2 is 1.57 bits per heavy atom. The van der Waals surface area contributed by atoms with Gasteiger partial charge in [0.1, 0.15) is 0 Å². The van der Waals surface area contributed by atoms with Crippen molar-refractivity contribution in [2.24, 2.45) is 35.0 Å². The summed E-state index contributed by atoms with van der Waals surface area (Å²) in [6, 6.07) is 2.61. The smallest absolute Gasteiger partial charge is 0.0686 e. The summed E-state index contributed by atoms with van der Waals surface area (Å²) in [5, 5.41) is 9.43. The van der Waals surface area contributed by atoms with E-state index in [-0.39, 0.29) is 5.41 Å². The normalized spacial score (nSPS) is 44.3. The summed E-state index contributed by atoms with van der Waals surface area (Å²) in [7, 11) is 0. The van der Waals surface area contributed by atoms with Crippen molar-refractivity contribution in [2.75, 3.05) is 0 Å². The van der Waals surface area contributed by atoms with Gasteiger partial charge in [0.2, 0.25) is 0 Å². The molecule has 1 heteroatoms. The van der Waals surface area contributed by atoms with Crippen molar-refractivity contribution in [2.45, 2.75) is 97.3 Å². The summed E-state index contributed by atoms with van der Waals surface area (Å²) < 4.78 is 0. The molecule has 3 rings (SSSR count). The van der Waals surface area contributed by atoms with Gasteiger partial charge < -0.3 is 0 Å². The first-order chi connectivity index (χ1) is 11.1. The van der Waals surface area contributed by atoms with Crippen LogP contribution in [0.1, 0.15) is 97.3 Å². The van der Waals surface area contributed by atoms with Gasteiger partial charge in [0.05, 0.1) is 11.5 Å². The maximum atomic E-state index is 9.43. The molecule has 0 spiro atoms. The molecule has 0 radical (unpaired) electrons. The molecule has 0 heterocycles. The van der Waals surface area contributed by atoms with Gasteiger partial charge in [-0.25, -0.2) is 0 Å². The molecule has 0 aromatic rings. The van der Waals surface area contributed by atoms with Gasteiger partial charge in [-0.15, -0.1) is 0 Å². The Bertz CT molecular complexity index is 414. The third-order valence-corrected chi connectivity index (χ3v) is 7.75. The number of nitriles is 1. The fourth-order valence-electron chi connectivity index (χ4n) is 6.14. The molecular weight excluding hydrogens is 278 g/mol. The van der Waals surface area contributed by atoms with E-state index in [2.05, 4.69) is 19.9 Å². The number of hydrogen-bond acceptors (Lipinski definition) is 1. The first-order valence-electron chi connectivity index (χ1n) is 10.5. The summed E-state index contributed by atoms with van der Waals surface area (Å²) in [6.45, 7) is 4.53. The topological polar surface area (TPSA) is 23.8 Å². The molecular formula is C22H37N. The average molecular weight is 316 g/mol. The Labute approximate surface area is 144 Å². The Morgan fingerprint density at radius 1 is 0.913 bits per heavy atom. The van der Waals surface area contributed by atoms with E-state index in [4.69, 9.17) is 0 Å². The van der Waals surface area contributed by atoms with E-state index in [9.17, 15) is 5.26 Å². The van der Waals surface area contributed by atoms with E-state index in [0.717, 1.165) is 36.0 Å². The van der Waals surface area contributed by atoms with E-state index in [1.807, 2.05) is 0 Å². The third kappa shape index (κ3) is 4.12. The van der Waals surface area contributed by atoms with Gasteiger partial charge in [0, 0.05) is 0 Å². The Kier molecular flexibility index (Phi) is 5.71. The van der Waals surface area contributed by atoms with Crippen LogP contribution >= 0.6 is 0 Å². The number of fused-ring (bicyclic) bond motifs is 1. The van der Waals surface area contributed by atoms with Crippen LogP contribution in [0, 0.1) is 46.3 Å². The summed E-state index contributed by atoms with van der Waals surface area (Å²) in [5.74, 6) is 4.93. The van der Waals surface area contributed by atoms with Crippen molar-refractivity contribution in [3.8, 4) is 6.07 Å². The van der Waals surface area contributed by atoms with Gasteiger partial charge in [0.15, 0.2) is 0 Å². The fourth-order valence-corrected chi connectivity index (χ4v) is 6.14. The largest absolute Gasteiger partial charge is 0.198 e. The van der Waals surface area contributed by atoms with Gasteiger partial charge in [-0.05, 0) is 87.9 Å². The van der Waals surface area contributed by atoms with Crippen LogP contribution in [0.5, 0.6) is 0 Å². The van der Waals surface area contributed by atoms with Crippen molar-refractivity contribution in [3.63, 3.8) is 0 Å². The lowest BCUT2D eigenvalue weighted by atomic mass is 9.58. The zero-order chi connectivity index (χ0) is 16.3. The van der Waals surface area contributed by atoms with Crippen LogP contribution in [-0.4, -0.2) is 0 Å². The van der Waals surface area contributed by atoms with Crippen molar-refractivity contribution >= 4 is 0 Å². The molecule has 0 unspecified atom stereocenters. The molecule has 0 bridgehead atoms. The predicted molar refractivity (Wildman–Crippen MR) is 96.9 cm³/mol. The van der Waals surface area contributed by atoms with E-state index >= 15 is 0 Å². The summed E-state index contributed by atoms with van der Waals surface area (Å²) in [5.41, 5.74) is -0.00859. The molecule has 23 heavy (non-hydrogen) atoms. The lowest BCUT2D eigenvalue weighted by Crippen LogP contribution is -2.37. The number of unbranched alkanes of at least 4 members (excludes halogenated alkanes) is 1. The van der Waals surface area contributed by atoms with Crippen molar-refractivity contribution < 1.29 is 0 Å². The van der Waals surface area contributed by atoms with Gasteiger partial charge in [-0.1, -0.05) is 39.0 Å². The molecule has 0 N–H and O–H groups in total. The standard InChI is InChI=1S/C22H37N/c1-3-4-5-17-6-8-18(9-7-17)19-10-11-21-15-22(2,16-23)13-12-20(21)14-19/h17-21H,3-15H2,1-2H3/t17?,18?,19-,20-,21-,22-/m0/s1. The van der Waals surface area contributed by atoms with Crippen LogP contribution < -0.4 is 0 Å². The molecule has 3 aliphatic carbocycles. The molecule has 3 aliphatic rings. The van der Waals surface area contributed by atoms with Crippen LogP contribution in [0.3, 0.4) is 0 Å². The molecule has 0 aromatic heterocycles. The molecule has 3 saturated carbocycles. The van der Waals surface area contributed by atoms with Crippen molar-refractivity contribution in [1.82, 2.24) is 0 Å². The minimum atomic E-state index is -0.00859. The van der Waals surface area contributed by atoms with Crippen molar-refractivity contribution in [3.05, 3.63) is 0 Å². The second-order valence-corrected chi connectivity index (χ2v) is 9.43. The number of nitrogens with zero attached hydrogens (tertiary/aromatic N) is 1. The Balaban J connectivity index is 1.47. The molecule has 0 aromatic carbocycles. The van der Waals surface area contributed by atoms with E-state index in [1.165, 1.54) is 77.0 Å². The molecule has 130 valence electrons. The molecule has 0 aliphatic heterocycles. The molecule has 1 nitrogen and oxygen atoms in total. The molecule has 4 atom stereocenters. The highest BCUT2D eigenvalue weighted by Gasteiger charge is 2.42. The fraction of sp³-hybridized carbons (Fsp3) is 0.955. The zero-order valence-corrected chi connectivity index (χ0v) is 15.5. The number of hydrogen-bond donors (Lipinski definition) is 0. The average Bonchev–Trinajstić information content (AvgIpc) is 2.60. The third-order valence-electron chi connectivity index (χ3n) is 7.75. The summed E-state index contributed by atoms with van der Waals surface area (Å²) >= 11 is 0. The van der Waals surface area contributed by atoms with E-state index < -0.39 is 0 Å². The monoisotopic (exact) mass is 315 g/mol. The van der Waals surface area contributed by atoms with E-state index in [0.29, 0.717) is 0 Å². The lowest BCUT2D eigenvalue weighted by Gasteiger charge is -2.46. The van der Waals surface area contributed by atoms with Crippen molar-refractivity contribution in [1.29, 1.82) is 5.26 Å². The maximum Gasteiger partial charge on any atom is 0.0686 e. The first-order valence-corrected chi connectivity index (χ1v) is 10.5. The van der Waals surface area contributed by atoms with Gasteiger partial charge >= 0.3 is 0 Å². The van der Waals surface area contributed by atoms with E-state index in [1.54, 1.807) is 0 Å². The van der Waals surface area contributed by atoms with Gasteiger partial charge in [0.25, 0.3) is 0 Å². The highest BCUT2D eigenvalue weighted by Crippen LogP contribution is 2.52. The lowest BCUT2D eigenvalue weighted by molar-refractivity contribution is 0.0468. The molecule has 0 amide bonds.